The average Bonchev–Trinajstić information content (AvgIpc) is 2.62. The Morgan fingerprint density at radius 1 is 1.04 bits per heavy atom. The van der Waals surface area contributed by atoms with Gasteiger partial charge in [0.1, 0.15) is 11.6 Å². The van der Waals surface area contributed by atoms with Crippen molar-refractivity contribution in [1.82, 2.24) is 0 Å². The Labute approximate surface area is 161 Å². The second-order valence-corrected chi connectivity index (χ2v) is 6.52. The van der Waals surface area contributed by atoms with E-state index in [9.17, 15) is 18.8 Å². The number of methoxy groups -OCH3 is 1. The normalized spacial score (nSPS) is 10.5. The molecule has 0 heterocycles. The second-order valence-electron chi connectivity index (χ2n) is 6.52. The van der Waals surface area contributed by atoms with Crippen LogP contribution in [-0.4, -0.2) is 30.0 Å². The fraction of sp³-hybridized carbons (Fsp3) is 0.250. The van der Waals surface area contributed by atoms with Crippen LogP contribution in [0.5, 0.6) is 5.75 Å². The number of carboxylic acids is 1. The van der Waals surface area contributed by atoms with Crippen LogP contribution in [0.2, 0.25) is 0 Å². The molecule has 28 heavy (non-hydrogen) atoms. The van der Waals surface area contributed by atoms with Crippen LogP contribution in [0.3, 0.4) is 0 Å². The first-order valence-corrected chi connectivity index (χ1v) is 8.53. The van der Waals surface area contributed by atoms with Crippen LogP contribution in [0.15, 0.2) is 36.4 Å². The van der Waals surface area contributed by atoms with Crippen molar-refractivity contribution < 1.29 is 28.6 Å². The number of ether oxygens (including phenoxy) is 1. The summed E-state index contributed by atoms with van der Waals surface area (Å²) in [4.78, 5) is 35.2. The summed E-state index contributed by atoms with van der Waals surface area (Å²) in [5.41, 5.74) is 0.268. The van der Waals surface area contributed by atoms with Crippen LogP contribution < -0.4 is 15.4 Å². The average molecular weight is 388 g/mol. The molecule has 2 rings (SSSR count). The number of rotatable bonds is 7. The number of nitrogens with one attached hydrogen (secondary N) is 2. The second kappa shape index (κ2) is 8.98. The monoisotopic (exact) mass is 388 g/mol. The van der Waals surface area contributed by atoms with Crippen LogP contribution in [0.25, 0.3) is 0 Å². The zero-order valence-corrected chi connectivity index (χ0v) is 15.7. The quantitative estimate of drug-likeness (QED) is 0.670. The number of anilines is 2. The highest BCUT2D eigenvalue weighted by molar-refractivity contribution is 6.05. The van der Waals surface area contributed by atoms with Gasteiger partial charge in [0.05, 0.1) is 24.0 Å². The van der Waals surface area contributed by atoms with Crippen LogP contribution in [0, 0.1) is 11.7 Å². The van der Waals surface area contributed by atoms with Crippen molar-refractivity contribution >= 4 is 29.2 Å². The number of carboxylic acid groups (broad SMARTS) is 1. The third kappa shape index (κ3) is 5.29. The third-order valence-electron chi connectivity index (χ3n) is 3.80. The van der Waals surface area contributed by atoms with Gasteiger partial charge in [0.2, 0.25) is 5.91 Å². The van der Waals surface area contributed by atoms with E-state index in [1.54, 1.807) is 0 Å². The van der Waals surface area contributed by atoms with Gasteiger partial charge in [-0.25, -0.2) is 9.18 Å². The lowest BCUT2D eigenvalue weighted by atomic mass is 10.1. The summed E-state index contributed by atoms with van der Waals surface area (Å²) >= 11 is 0. The molecular weight excluding hydrogens is 367 g/mol. The zero-order valence-electron chi connectivity index (χ0n) is 15.7. The van der Waals surface area contributed by atoms with E-state index in [-0.39, 0.29) is 46.5 Å². The molecule has 0 bridgehead atoms. The molecule has 0 unspecified atom stereocenters. The molecule has 0 aromatic heterocycles. The maximum atomic E-state index is 14.2. The molecule has 0 saturated carbocycles. The van der Waals surface area contributed by atoms with Gasteiger partial charge in [-0.05, 0) is 42.3 Å². The van der Waals surface area contributed by atoms with E-state index in [2.05, 4.69) is 10.6 Å². The summed E-state index contributed by atoms with van der Waals surface area (Å²) < 4.78 is 19.3. The Morgan fingerprint density at radius 3 is 2.25 bits per heavy atom. The van der Waals surface area contributed by atoms with Crippen molar-refractivity contribution in [2.75, 3.05) is 17.7 Å². The molecule has 0 aliphatic carbocycles. The van der Waals surface area contributed by atoms with E-state index in [1.807, 2.05) is 13.8 Å². The van der Waals surface area contributed by atoms with Gasteiger partial charge in [-0.1, -0.05) is 13.8 Å². The molecule has 8 heteroatoms. The molecule has 2 aromatic rings. The van der Waals surface area contributed by atoms with E-state index in [4.69, 9.17) is 9.84 Å². The number of hydrogen-bond acceptors (Lipinski definition) is 4. The minimum absolute atomic E-state index is 0.00221. The number of benzene rings is 2. The van der Waals surface area contributed by atoms with E-state index < -0.39 is 17.7 Å². The highest BCUT2D eigenvalue weighted by Crippen LogP contribution is 2.26. The molecule has 148 valence electrons. The highest BCUT2D eigenvalue weighted by atomic mass is 19.1. The predicted molar refractivity (Wildman–Crippen MR) is 102 cm³/mol. The molecular formula is C20H21FN2O5. The summed E-state index contributed by atoms with van der Waals surface area (Å²) in [5, 5.41) is 14.0. The van der Waals surface area contributed by atoms with Gasteiger partial charge >= 0.3 is 5.97 Å². The number of halogens is 1. The van der Waals surface area contributed by atoms with Crippen LogP contribution in [-0.2, 0) is 4.79 Å². The molecule has 0 aliphatic rings. The number of aromatic carboxylic acids is 1. The maximum absolute atomic E-state index is 14.2. The fourth-order valence-electron chi connectivity index (χ4n) is 2.45. The lowest BCUT2D eigenvalue weighted by Crippen LogP contribution is -2.16. The van der Waals surface area contributed by atoms with Crippen LogP contribution in [0.1, 0.15) is 41.0 Å². The van der Waals surface area contributed by atoms with Crippen molar-refractivity contribution in [2.45, 2.75) is 20.3 Å². The van der Waals surface area contributed by atoms with Crippen molar-refractivity contribution in [3.63, 3.8) is 0 Å². The number of amides is 2. The molecule has 2 aromatic carbocycles. The van der Waals surface area contributed by atoms with Crippen LogP contribution in [0.4, 0.5) is 15.8 Å². The summed E-state index contributed by atoms with van der Waals surface area (Å²) in [6.45, 7) is 3.75. The van der Waals surface area contributed by atoms with Gasteiger partial charge in [0, 0.05) is 12.0 Å². The Hall–Kier alpha value is -3.42. The minimum atomic E-state index is -1.13. The zero-order chi connectivity index (χ0) is 20.8. The molecule has 0 spiro atoms. The van der Waals surface area contributed by atoms with Gasteiger partial charge in [-0.15, -0.1) is 0 Å². The lowest BCUT2D eigenvalue weighted by molar-refractivity contribution is -0.116. The summed E-state index contributed by atoms with van der Waals surface area (Å²) in [6, 6.07) is 7.67. The fourth-order valence-corrected chi connectivity index (χ4v) is 2.45. The van der Waals surface area contributed by atoms with E-state index in [0.717, 1.165) is 6.07 Å². The van der Waals surface area contributed by atoms with Crippen molar-refractivity contribution in [2.24, 2.45) is 5.92 Å². The van der Waals surface area contributed by atoms with Gasteiger partial charge < -0.3 is 20.5 Å². The molecule has 0 aliphatic heterocycles. The number of carbonyl (C=O) groups is 3. The van der Waals surface area contributed by atoms with E-state index >= 15 is 0 Å². The van der Waals surface area contributed by atoms with Gasteiger partial charge in [-0.2, -0.15) is 0 Å². The Kier molecular flexibility index (Phi) is 6.70. The van der Waals surface area contributed by atoms with Crippen molar-refractivity contribution in [3.05, 3.63) is 53.3 Å². The smallest absolute Gasteiger partial charge is 0.335 e. The summed E-state index contributed by atoms with van der Waals surface area (Å²) in [5.74, 6) is -2.50. The van der Waals surface area contributed by atoms with Crippen molar-refractivity contribution in [3.8, 4) is 5.75 Å². The number of carbonyl (C=O) groups excluding carboxylic acids is 2. The van der Waals surface area contributed by atoms with Gasteiger partial charge in [-0.3, -0.25) is 9.59 Å². The van der Waals surface area contributed by atoms with Crippen LogP contribution >= 0.6 is 0 Å². The van der Waals surface area contributed by atoms with Gasteiger partial charge in [0.25, 0.3) is 5.91 Å². The summed E-state index contributed by atoms with van der Waals surface area (Å²) in [7, 11) is 1.34. The first-order valence-electron chi connectivity index (χ1n) is 8.53. The predicted octanol–water partition coefficient (Wildman–Crippen LogP) is 3.77. The topological polar surface area (TPSA) is 105 Å². The lowest BCUT2D eigenvalue weighted by Gasteiger charge is -2.12. The number of hydrogen-bond donors (Lipinski definition) is 3. The van der Waals surface area contributed by atoms with E-state index in [0.29, 0.717) is 0 Å². The SMILES string of the molecule is COc1cc(C(=O)O)ccc1NC(=O)c1ccc(NC(=O)CC(C)C)c(F)c1. The molecule has 0 radical (unpaired) electrons. The Balaban J connectivity index is 2.16. The standard InChI is InChI=1S/C20H21FN2O5/c1-11(2)8-18(24)22-15-6-4-12(9-14(15)21)19(25)23-16-7-5-13(20(26)27)10-17(16)28-3/h4-7,9-11H,8H2,1-3H3,(H,22,24)(H,23,25)(H,26,27). The first-order chi connectivity index (χ1) is 13.2. The largest absolute Gasteiger partial charge is 0.495 e. The minimum Gasteiger partial charge on any atom is -0.495 e. The molecule has 7 nitrogen and oxygen atoms in total. The van der Waals surface area contributed by atoms with E-state index in [1.165, 1.54) is 37.4 Å². The Morgan fingerprint density at radius 2 is 1.68 bits per heavy atom. The molecule has 0 saturated heterocycles. The van der Waals surface area contributed by atoms with Crippen molar-refractivity contribution in [1.29, 1.82) is 0 Å². The molecule has 0 fully saturated rings. The first kappa shape index (κ1) is 20.9. The van der Waals surface area contributed by atoms with Gasteiger partial charge in [0.15, 0.2) is 0 Å². The highest BCUT2D eigenvalue weighted by Gasteiger charge is 2.15. The molecule has 2 amide bonds. The Bertz CT molecular complexity index is 911. The molecule has 3 N–H and O–H groups in total. The molecule has 0 atom stereocenters. The summed E-state index contributed by atoms with van der Waals surface area (Å²) in [6.07, 6.45) is 0.258. The third-order valence-corrected chi connectivity index (χ3v) is 3.80. The maximum Gasteiger partial charge on any atom is 0.335 e.